The van der Waals surface area contributed by atoms with Crippen LogP contribution in [-0.4, -0.2) is 56.5 Å². The molecule has 1 fully saturated rings. The third kappa shape index (κ3) is 4.73. The molecule has 0 unspecified atom stereocenters. The van der Waals surface area contributed by atoms with Gasteiger partial charge in [0.25, 0.3) is 11.5 Å². The van der Waals surface area contributed by atoms with E-state index in [2.05, 4.69) is 30.9 Å². The van der Waals surface area contributed by atoms with Crippen molar-refractivity contribution in [1.82, 2.24) is 24.4 Å². The minimum absolute atomic E-state index is 0.0201. The first-order valence-electron chi connectivity index (χ1n) is 10.4. The van der Waals surface area contributed by atoms with Gasteiger partial charge in [0, 0.05) is 54.4 Å². The molecule has 2 aromatic heterocycles. The molecule has 0 bridgehead atoms. The number of rotatable bonds is 4. The highest BCUT2D eigenvalue weighted by atomic mass is 79.9. The maximum atomic E-state index is 13.2. The SMILES string of the molecule is O=C(c1cccc(Br)c1)N1CCN(Cc2cc(=O)n3nc(-c4ccc(F)cc4)sc3n2)CC1. The molecule has 0 atom stereocenters. The normalized spacial score (nSPS) is 14.7. The van der Waals surface area contributed by atoms with Crippen LogP contribution in [0.3, 0.4) is 0 Å². The lowest BCUT2D eigenvalue weighted by atomic mass is 10.2. The largest absolute Gasteiger partial charge is 0.336 e. The summed E-state index contributed by atoms with van der Waals surface area (Å²) in [6.07, 6.45) is 0. The van der Waals surface area contributed by atoms with Crippen molar-refractivity contribution in [1.29, 1.82) is 0 Å². The zero-order valence-electron chi connectivity index (χ0n) is 17.4. The third-order valence-corrected chi connectivity index (χ3v) is 6.96. The van der Waals surface area contributed by atoms with E-state index in [-0.39, 0.29) is 17.3 Å². The van der Waals surface area contributed by atoms with E-state index >= 15 is 0 Å². The van der Waals surface area contributed by atoms with E-state index in [9.17, 15) is 14.0 Å². The molecule has 7 nitrogen and oxygen atoms in total. The Hall–Kier alpha value is -2.95. The summed E-state index contributed by atoms with van der Waals surface area (Å²) < 4.78 is 15.4. The summed E-state index contributed by atoms with van der Waals surface area (Å²) in [7, 11) is 0. The number of fused-ring (bicyclic) bond motifs is 1. The van der Waals surface area contributed by atoms with Crippen molar-refractivity contribution >= 4 is 38.1 Å². The Kier molecular flexibility index (Phi) is 6.05. The van der Waals surface area contributed by atoms with Crippen LogP contribution in [0.25, 0.3) is 15.5 Å². The number of carbonyl (C=O) groups is 1. The molecule has 10 heteroatoms. The lowest BCUT2D eigenvalue weighted by Crippen LogP contribution is -2.48. The van der Waals surface area contributed by atoms with Crippen LogP contribution in [0.1, 0.15) is 16.1 Å². The van der Waals surface area contributed by atoms with E-state index in [1.54, 1.807) is 12.1 Å². The smallest absolute Gasteiger partial charge is 0.275 e. The predicted molar refractivity (Wildman–Crippen MR) is 128 cm³/mol. The summed E-state index contributed by atoms with van der Waals surface area (Å²) in [6, 6.07) is 14.9. The van der Waals surface area contributed by atoms with Gasteiger partial charge in [0.15, 0.2) is 0 Å². The van der Waals surface area contributed by atoms with E-state index in [0.717, 1.165) is 10.0 Å². The number of aromatic nitrogens is 3. The van der Waals surface area contributed by atoms with Crippen LogP contribution < -0.4 is 5.56 Å². The van der Waals surface area contributed by atoms with E-state index in [4.69, 9.17) is 0 Å². The zero-order valence-corrected chi connectivity index (χ0v) is 19.9. The molecule has 1 aliphatic heterocycles. The Balaban J connectivity index is 1.27. The van der Waals surface area contributed by atoms with Gasteiger partial charge >= 0.3 is 0 Å². The average molecular weight is 528 g/mol. The first kappa shape index (κ1) is 21.9. The van der Waals surface area contributed by atoms with Crippen molar-refractivity contribution in [3.05, 3.63) is 86.5 Å². The van der Waals surface area contributed by atoms with Crippen LogP contribution in [0.2, 0.25) is 0 Å². The molecule has 5 rings (SSSR count). The van der Waals surface area contributed by atoms with Gasteiger partial charge in [-0.2, -0.15) is 9.61 Å². The van der Waals surface area contributed by atoms with Crippen molar-refractivity contribution in [3.63, 3.8) is 0 Å². The van der Waals surface area contributed by atoms with Crippen molar-refractivity contribution in [2.24, 2.45) is 0 Å². The Labute approximate surface area is 201 Å². The Bertz CT molecular complexity index is 1380. The fourth-order valence-corrected chi connectivity index (χ4v) is 5.12. The van der Waals surface area contributed by atoms with E-state index in [1.165, 1.54) is 34.1 Å². The molecule has 0 radical (unpaired) electrons. The predicted octanol–water partition coefficient (Wildman–Crippen LogP) is 3.68. The van der Waals surface area contributed by atoms with Crippen molar-refractivity contribution < 1.29 is 9.18 Å². The van der Waals surface area contributed by atoms with Crippen LogP contribution in [0.15, 0.2) is 63.9 Å². The van der Waals surface area contributed by atoms with Gasteiger partial charge in [0.1, 0.15) is 10.8 Å². The molecular formula is C23H19BrFN5O2S. The first-order valence-corrected chi connectivity index (χ1v) is 12.0. The molecule has 0 saturated carbocycles. The van der Waals surface area contributed by atoms with Gasteiger partial charge in [-0.25, -0.2) is 9.37 Å². The van der Waals surface area contributed by atoms with Crippen LogP contribution in [0.4, 0.5) is 4.39 Å². The van der Waals surface area contributed by atoms with Crippen LogP contribution in [0, 0.1) is 5.82 Å². The molecule has 0 spiro atoms. The van der Waals surface area contributed by atoms with Crippen LogP contribution in [-0.2, 0) is 6.54 Å². The summed E-state index contributed by atoms with van der Waals surface area (Å²) in [5.74, 6) is -0.303. The number of halogens is 2. The zero-order chi connectivity index (χ0) is 22.9. The Morgan fingerprint density at radius 3 is 2.55 bits per heavy atom. The summed E-state index contributed by atoms with van der Waals surface area (Å²) in [4.78, 5) is 34.5. The molecule has 4 aromatic rings. The number of hydrogen-bond acceptors (Lipinski definition) is 6. The summed E-state index contributed by atoms with van der Waals surface area (Å²) in [5.41, 5.74) is 1.82. The van der Waals surface area contributed by atoms with Crippen LogP contribution >= 0.6 is 27.3 Å². The van der Waals surface area contributed by atoms with Crippen molar-refractivity contribution in [2.45, 2.75) is 6.54 Å². The molecule has 0 aliphatic carbocycles. The molecule has 33 heavy (non-hydrogen) atoms. The monoisotopic (exact) mass is 527 g/mol. The molecular weight excluding hydrogens is 509 g/mol. The number of amides is 1. The van der Waals surface area contributed by atoms with Gasteiger partial charge in [-0.05, 0) is 42.5 Å². The van der Waals surface area contributed by atoms with Gasteiger partial charge < -0.3 is 4.90 Å². The second kappa shape index (κ2) is 9.12. The van der Waals surface area contributed by atoms with Crippen molar-refractivity contribution in [3.8, 4) is 10.6 Å². The lowest BCUT2D eigenvalue weighted by Gasteiger charge is -2.34. The molecule has 3 heterocycles. The topological polar surface area (TPSA) is 70.8 Å². The molecule has 1 saturated heterocycles. The third-order valence-electron chi connectivity index (χ3n) is 5.51. The van der Waals surface area contributed by atoms with Gasteiger partial charge in [-0.3, -0.25) is 14.5 Å². The maximum Gasteiger partial charge on any atom is 0.275 e. The fourth-order valence-electron chi connectivity index (χ4n) is 3.79. The number of carbonyl (C=O) groups excluding carboxylic acids is 1. The quantitative estimate of drug-likeness (QED) is 0.405. The van der Waals surface area contributed by atoms with Gasteiger partial charge in [0.05, 0.1) is 5.69 Å². The molecule has 1 amide bonds. The highest BCUT2D eigenvalue weighted by Crippen LogP contribution is 2.24. The second-order valence-corrected chi connectivity index (χ2v) is 9.64. The number of hydrogen-bond donors (Lipinski definition) is 0. The molecule has 2 aromatic carbocycles. The van der Waals surface area contributed by atoms with E-state index in [1.807, 2.05) is 29.2 Å². The van der Waals surface area contributed by atoms with Crippen molar-refractivity contribution in [2.75, 3.05) is 26.2 Å². The Morgan fingerprint density at radius 2 is 1.82 bits per heavy atom. The van der Waals surface area contributed by atoms with Crippen LogP contribution in [0.5, 0.6) is 0 Å². The fraction of sp³-hybridized carbons (Fsp3) is 0.217. The molecule has 168 valence electrons. The maximum absolute atomic E-state index is 13.2. The van der Waals surface area contributed by atoms with Gasteiger partial charge in [0.2, 0.25) is 4.96 Å². The van der Waals surface area contributed by atoms with E-state index < -0.39 is 0 Å². The second-order valence-electron chi connectivity index (χ2n) is 7.77. The number of benzene rings is 2. The average Bonchev–Trinajstić information content (AvgIpc) is 3.24. The standard InChI is InChI=1S/C23H19BrFN5O2S/c24-17-3-1-2-16(12-17)22(32)29-10-8-28(9-11-29)14-19-13-20(31)30-23(26-19)33-21(27-30)15-4-6-18(25)7-5-15/h1-7,12-13H,8-11,14H2. The summed E-state index contributed by atoms with van der Waals surface area (Å²) in [6.45, 7) is 3.15. The number of piperazine rings is 1. The highest BCUT2D eigenvalue weighted by molar-refractivity contribution is 9.10. The summed E-state index contributed by atoms with van der Waals surface area (Å²) in [5, 5.41) is 4.95. The van der Waals surface area contributed by atoms with E-state index in [0.29, 0.717) is 53.9 Å². The minimum Gasteiger partial charge on any atom is -0.336 e. The summed E-state index contributed by atoms with van der Waals surface area (Å²) >= 11 is 4.70. The minimum atomic E-state index is -0.323. The first-order chi connectivity index (χ1) is 16.0. The molecule has 0 N–H and O–H groups in total. The lowest BCUT2D eigenvalue weighted by molar-refractivity contribution is 0.0627. The molecule has 1 aliphatic rings. The van der Waals surface area contributed by atoms with Gasteiger partial charge in [-0.1, -0.05) is 33.3 Å². The number of nitrogens with zero attached hydrogens (tertiary/aromatic N) is 5. The Morgan fingerprint density at radius 1 is 1.06 bits per heavy atom. The van der Waals surface area contributed by atoms with Gasteiger partial charge in [-0.15, -0.1) is 0 Å². The highest BCUT2D eigenvalue weighted by Gasteiger charge is 2.23.